The Kier molecular flexibility index (Phi) is 6.46. The maximum absolute atomic E-state index is 11.5. The van der Waals surface area contributed by atoms with Gasteiger partial charge in [0.1, 0.15) is 0 Å². The van der Waals surface area contributed by atoms with Gasteiger partial charge in [0.2, 0.25) is 0 Å². The van der Waals surface area contributed by atoms with Gasteiger partial charge in [0, 0.05) is 19.7 Å². The van der Waals surface area contributed by atoms with Gasteiger partial charge in [-0.15, -0.1) is 0 Å². The maximum atomic E-state index is 11.5. The van der Waals surface area contributed by atoms with Crippen molar-refractivity contribution in [2.45, 2.75) is 52.5 Å². The average Bonchev–Trinajstić information content (AvgIpc) is 2.43. The number of likely N-dealkylation sites (N-methyl/N-ethyl adjacent to an activating group) is 1. The summed E-state index contributed by atoms with van der Waals surface area (Å²) in [4.78, 5) is 13.7. The quantitative estimate of drug-likeness (QED) is 0.781. The lowest BCUT2D eigenvalue weighted by Crippen LogP contribution is -2.48. The monoisotopic (exact) mass is 285 g/mol. The molecule has 0 amide bonds. The van der Waals surface area contributed by atoms with Crippen molar-refractivity contribution in [1.82, 2.24) is 4.90 Å². The first-order chi connectivity index (χ1) is 9.33. The maximum Gasteiger partial charge on any atom is 0.308 e. The van der Waals surface area contributed by atoms with E-state index in [1.54, 1.807) is 7.11 Å². The van der Waals surface area contributed by atoms with Gasteiger partial charge in [0.15, 0.2) is 0 Å². The Hall–Kier alpha value is -0.610. The van der Waals surface area contributed by atoms with E-state index in [9.17, 15) is 9.90 Å². The number of hydrogen-bond acceptors (Lipinski definition) is 3. The summed E-state index contributed by atoms with van der Waals surface area (Å²) in [5, 5.41) is 9.47. The minimum absolute atomic E-state index is 0.132. The molecule has 1 aliphatic rings. The molecule has 1 rings (SSSR count). The van der Waals surface area contributed by atoms with Crippen molar-refractivity contribution < 1.29 is 14.6 Å². The van der Waals surface area contributed by atoms with Crippen molar-refractivity contribution in [3.8, 4) is 0 Å². The molecule has 0 aromatic heterocycles. The van der Waals surface area contributed by atoms with Crippen LogP contribution < -0.4 is 0 Å². The molecule has 1 saturated carbocycles. The lowest BCUT2D eigenvalue weighted by Gasteiger charge is -2.44. The van der Waals surface area contributed by atoms with Crippen LogP contribution in [0.2, 0.25) is 0 Å². The Morgan fingerprint density at radius 3 is 2.55 bits per heavy atom. The normalized spacial score (nSPS) is 27.8. The van der Waals surface area contributed by atoms with Crippen LogP contribution in [0.3, 0.4) is 0 Å². The Bertz CT molecular complexity index is 317. The number of hydrogen-bond donors (Lipinski definition) is 1. The summed E-state index contributed by atoms with van der Waals surface area (Å²) in [7, 11) is 3.72. The molecule has 3 atom stereocenters. The fraction of sp³-hybridized carbons (Fsp3) is 0.938. The van der Waals surface area contributed by atoms with Gasteiger partial charge < -0.3 is 14.7 Å². The van der Waals surface area contributed by atoms with Crippen LogP contribution in [0.15, 0.2) is 0 Å². The van der Waals surface area contributed by atoms with Gasteiger partial charge in [0.25, 0.3) is 0 Å². The fourth-order valence-corrected chi connectivity index (χ4v) is 3.32. The van der Waals surface area contributed by atoms with E-state index in [-0.39, 0.29) is 12.0 Å². The molecule has 0 heterocycles. The Balaban J connectivity index is 2.79. The summed E-state index contributed by atoms with van der Waals surface area (Å²) in [5.74, 6) is -0.272. The molecular weight excluding hydrogens is 254 g/mol. The highest BCUT2D eigenvalue weighted by molar-refractivity contribution is 5.71. The molecule has 118 valence electrons. The number of carboxylic acid groups (broad SMARTS) is 1. The zero-order valence-electron chi connectivity index (χ0n) is 13.7. The summed E-state index contributed by atoms with van der Waals surface area (Å²) >= 11 is 0. The number of ether oxygens (including phenoxy) is 1. The first-order valence-electron chi connectivity index (χ1n) is 7.75. The molecule has 20 heavy (non-hydrogen) atoms. The van der Waals surface area contributed by atoms with Crippen LogP contribution >= 0.6 is 0 Å². The Morgan fingerprint density at radius 1 is 1.40 bits per heavy atom. The summed E-state index contributed by atoms with van der Waals surface area (Å²) in [5.41, 5.74) is 0.295. The Morgan fingerprint density at radius 2 is 2.05 bits per heavy atom. The summed E-state index contributed by atoms with van der Waals surface area (Å²) in [6.07, 6.45) is 3.96. The molecule has 0 aliphatic heterocycles. The molecule has 0 spiro atoms. The lowest BCUT2D eigenvalue weighted by molar-refractivity contribution is -0.146. The molecule has 1 N–H and O–H groups in total. The van der Waals surface area contributed by atoms with Gasteiger partial charge in [-0.2, -0.15) is 0 Å². The molecular formula is C16H31NO3. The highest BCUT2D eigenvalue weighted by atomic mass is 16.5. The predicted octanol–water partition coefficient (Wildman–Crippen LogP) is 2.87. The third kappa shape index (κ3) is 4.19. The van der Waals surface area contributed by atoms with Crippen molar-refractivity contribution in [2.24, 2.45) is 17.3 Å². The zero-order chi connectivity index (χ0) is 15.3. The number of carbonyl (C=O) groups is 1. The number of nitrogens with zero attached hydrogens (tertiary/aromatic N) is 1. The number of methoxy groups -OCH3 is 1. The van der Waals surface area contributed by atoms with E-state index in [4.69, 9.17) is 4.74 Å². The third-order valence-electron chi connectivity index (χ3n) is 5.36. The molecule has 4 heteroatoms. The second-order valence-electron chi connectivity index (χ2n) is 6.84. The molecule has 1 fully saturated rings. The van der Waals surface area contributed by atoms with E-state index >= 15 is 0 Å². The van der Waals surface area contributed by atoms with Gasteiger partial charge in [0.05, 0.1) is 12.5 Å². The van der Waals surface area contributed by atoms with Gasteiger partial charge in [-0.1, -0.05) is 27.2 Å². The first kappa shape index (κ1) is 17.4. The summed E-state index contributed by atoms with van der Waals surface area (Å²) in [6, 6.07) is 0.132. The van der Waals surface area contributed by atoms with Crippen LogP contribution in [0.25, 0.3) is 0 Å². The van der Waals surface area contributed by atoms with Crippen LogP contribution in [0.4, 0.5) is 0 Å². The number of rotatable bonds is 7. The van der Waals surface area contributed by atoms with Crippen molar-refractivity contribution in [2.75, 3.05) is 27.3 Å². The topological polar surface area (TPSA) is 49.8 Å². The van der Waals surface area contributed by atoms with Crippen LogP contribution in [-0.4, -0.2) is 49.3 Å². The SMILES string of the molecule is CCC(C)(C)C1CCC(C(=O)O)C(N(C)CCOC)C1. The molecule has 0 aromatic rings. The molecule has 0 radical (unpaired) electrons. The van der Waals surface area contributed by atoms with Crippen LogP contribution in [-0.2, 0) is 9.53 Å². The van der Waals surface area contributed by atoms with Crippen LogP contribution in [0.5, 0.6) is 0 Å². The first-order valence-corrected chi connectivity index (χ1v) is 7.75. The molecule has 0 saturated heterocycles. The second-order valence-corrected chi connectivity index (χ2v) is 6.84. The molecule has 1 aliphatic carbocycles. The van der Waals surface area contributed by atoms with E-state index in [0.29, 0.717) is 17.9 Å². The lowest BCUT2D eigenvalue weighted by atomic mass is 9.65. The number of carboxylic acids is 1. The largest absolute Gasteiger partial charge is 0.481 e. The van der Waals surface area contributed by atoms with Crippen molar-refractivity contribution in [3.05, 3.63) is 0 Å². The average molecular weight is 285 g/mol. The van der Waals surface area contributed by atoms with E-state index in [0.717, 1.165) is 32.2 Å². The minimum atomic E-state index is -0.646. The van der Waals surface area contributed by atoms with Gasteiger partial charge in [-0.3, -0.25) is 4.79 Å². The summed E-state index contributed by atoms with van der Waals surface area (Å²) < 4.78 is 5.13. The Labute approximate surface area is 123 Å². The molecule has 0 bridgehead atoms. The second kappa shape index (κ2) is 7.41. The molecule has 0 aromatic carbocycles. The third-order valence-corrected chi connectivity index (χ3v) is 5.36. The van der Waals surface area contributed by atoms with E-state index in [1.165, 1.54) is 0 Å². The van der Waals surface area contributed by atoms with Crippen molar-refractivity contribution >= 4 is 5.97 Å². The predicted molar refractivity (Wildman–Crippen MR) is 80.8 cm³/mol. The van der Waals surface area contributed by atoms with Gasteiger partial charge >= 0.3 is 5.97 Å². The van der Waals surface area contributed by atoms with Gasteiger partial charge in [-0.05, 0) is 37.6 Å². The zero-order valence-corrected chi connectivity index (χ0v) is 13.7. The van der Waals surface area contributed by atoms with E-state index in [2.05, 4.69) is 25.7 Å². The number of aliphatic carboxylic acids is 1. The highest BCUT2D eigenvalue weighted by Gasteiger charge is 2.41. The van der Waals surface area contributed by atoms with Crippen molar-refractivity contribution in [1.29, 1.82) is 0 Å². The van der Waals surface area contributed by atoms with Crippen LogP contribution in [0, 0.1) is 17.3 Å². The minimum Gasteiger partial charge on any atom is -0.481 e. The van der Waals surface area contributed by atoms with Gasteiger partial charge in [-0.25, -0.2) is 0 Å². The van der Waals surface area contributed by atoms with E-state index < -0.39 is 5.97 Å². The highest BCUT2D eigenvalue weighted by Crippen LogP contribution is 2.43. The van der Waals surface area contributed by atoms with Crippen molar-refractivity contribution in [3.63, 3.8) is 0 Å². The standard InChI is InChI=1S/C16H31NO3/c1-6-16(2,3)12-7-8-13(15(18)19)14(11-12)17(4)9-10-20-5/h12-14H,6-11H2,1-5H3,(H,18,19). The molecule has 3 unspecified atom stereocenters. The fourth-order valence-electron chi connectivity index (χ4n) is 3.32. The molecule has 4 nitrogen and oxygen atoms in total. The van der Waals surface area contributed by atoms with E-state index in [1.807, 2.05) is 7.05 Å². The smallest absolute Gasteiger partial charge is 0.308 e. The summed E-state index contributed by atoms with van der Waals surface area (Å²) in [6.45, 7) is 8.30. The van der Waals surface area contributed by atoms with Crippen LogP contribution in [0.1, 0.15) is 46.5 Å².